The van der Waals surface area contributed by atoms with Crippen LogP contribution in [-0.2, 0) is 16.1 Å². The highest BCUT2D eigenvalue weighted by Crippen LogP contribution is 2.30. The molecule has 1 aliphatic rings. The molecule has 0 radical (unpaired) electrons. The first-order valence-corrected chi connectivity index (χ1v) is 9.02. The van der Waals surface area contributed by atoms with Crippen molar-refractivity contribution >= 4 is 17.3 Å². The Morgan fingerprint density at radius 2 is 1.90 bits per heavy atom. The topological polar surface area (TPSA) is 100 Å². The normalized spacial score (nSPS) is 13.7. The molecule has 1 saturated heterocycles. The largest absolute Gasteiger partial charge is 0.497 e. The zero-order chi connectivity index (χ0) is 20.8. The Kier molecular flexibility index (Phi) is 6.50. The summed E-state index contributed by atoms with van der Waals surface area (Å²) in [7, 11) is 3.05. The lowest BCUT2D eigenvalue weighted by atomic mass is 10.1. The van der Waals surface area contributed by atoms with E-state index in [1.165, 1.54) is 26.4 Å². The zero-order valence-electron chi connectivity index (χ0n) is 16.3. The predicted octanol–water partition coefficient (Wildman–Crippen LogP) is 2.81. The summed E-state index contributed by atoms with van der Waals surface area (Å²) in [5.74, 6) is 0.487. The van der Waals surface area contributed by atoms with Gasteiger partial charge in [-0.05, 0) is 30.3 Å². The maximum atomic E-state index is 12.5. The molecule has 9 nitrogen and oxygen atoms in total. The lowest BCUT2D eigenvalue weighted by Crippen LogP contribution is -2.36. The SMILES string of the molecule is COc1ccc(OC)c(COC(=O)c2ccc(N3CCOCC3)c([N+](=O)[O-])c2)c1. The van der Waals surface area contributed by atoms with E-state index in [2.05, 4.69) is 0 Å². The van der Waals surface area contributed by atoms with Gasteiger partial charge in [-0.2, -0.15) is 0 Å². The van der Waals surface area contributed by atoms with Crippen LogP contribution in [0.1, 0.15) is 15.9 Å². The Balaban J connectivity index is 1.77. The van der Waals surface area contributed by atoms with Crippen molar-refractivity contribution in [1.29, 1.82) is 0 Å². The summed E-state index contributed by atoms with van der Waals surface area (Å²) >= 11 is 0. The van der Waals surface area contributed by atoms with E-state index in [0.29, 0.717) is 49.1 Å². The van der Waals surface area contributed by atoms with E-state index in [4.69, 9.17) is 18.9 Å². The molecule has 0 spiro atoms. The van der Waals surface area contributed by atoms with Crippen LogP contribution in [0, 0.1) is 10.1 Å². The minimum absolute atomic E-state index is 0.0573. The molecule has 0 saturated carbocycles. The molecule has 1 fully saturated rings. The highest BCUT2D eigenvalue weighted by Gasteiger charge is 2.24. The molecule has 1 aliphatic heterocycles. The van der Waals surface area contributed by atoms with Gasteiger partial charge in [-0.25, -0.2) is 4.79 Å². The molecule has 0 bridgehead atoms. The fourth-order valence-electron chi connectivity index (χ4n) is 3.09. The Morgan fingerprint density at radius 1 is 1.14 bits per heavy atom. The number of benzene rings is 2. The van der Waals surface area contributed by atoms with Crippen molar-refractivity contribution in [2.45, 2.75) is 6.61 Å². The zero-order valence-corrected chi connectivity index (χ0v) is 16.3. The van der Waals surface area contributed by atoms with Crippen LogP contribution in [0.15, 0.2) is 36.4 Å². The molecular formula is C20H22N2O7. The first kappa shape index (κ1) is 20.4. The van der Waals surface area contributed by atoms with E-state index < -0.39 is 10.9 Å². The number of carbonyl (C=O) groups excluding carboxylic acids is 1. The number of nitro groups is 1. The molecule has 154 valence electrons. The Labute approximate surface area is 167 Å². The van der Waals surface area contributed by atoms with Crippen LogP contribution in [0.2, 0.25) is 0 Å². The summed E-state index contributed by atoms with van der Waals surface area (Å²) in [6.07, 6.45) is 0. The molecule has 0 amide bonds. The summed E-state index contributed by atoms with van der Waals surface area (Å²) in [6.45, 7) is 2.06. The first-order chi connectivity index (χ1) is 14.0. The van der Waals surface area contributed by atoms with E-state index in [1.807, 2.05) is 4.90 Å². The third-order valence-corrected chi connectivity index (χ3v) is 4.61. The number of esters is 1. The van der Waals surface area contributed by atoms with Crippen LogP contribution in [0.4, 0.5) is 11.4 Å². The van der Waals surface area contributed by atoms with Crippen LogP contribution in [-0.4, -0.2) is 51.4 Å². The lowest BCUT2D eigenvalue weighted by molar-refractivity contribution is -0.384. The molecule has 29 heavy (non-hydrogen) atoms. The minimum atomic E-state index is -0.661. The molecule has 2 aromatic rings. The number of anilines is 1. The molecule has 3 rings (SSSR count). The number of rotatable bonds is 7. The van der Waals surface area contributed by atoms with Crippen LogP contribution < -0.4 is 14.4 Å². The summed E-state index contributed by atoms with van der Waals surface area (Å²) in [6, 6.07) is 9.50. The maximum absolute atomic E-state index is 12.5. The van der Waals surface area contributed by atoms with Gasteiger partial charge in [0.2, 0.25) is 0 Å². The van der Waals surface area contributed by atoms with Crippen molar-refractivity contribution in [2.75, 3.05) is 45.4 Å². The van der Waals surface area contributed by atoms with Crippen LogP contribution in [0.25, 0.3) is 0 Å². The summed E-state index contributed by atoms with van der Waals surface area (Å²) in [5, 5.41) is 11.5. The fraction of sp³-hybridized carbons (Fsp3) is 0.350. The first-order valence-electron chi connectivity index (χ1n) is 9.02. The Bertz CT molecular complexity index is 894. The smallest absolute Gasteiger partial charge is 0.338 e. The average molecular weight is 402 g/mol. The highest BCUT2D eigenvalue weighted by atomic mass is 16.6. The lowest BCUT2D eigenvalue weighted by Gasteiger charge is -2.28. The van der Waals surface area contributed by atoms with Crippen molar-refractivity contribution in [2.24, 2.45) is 0 Å². The van der Waals surface area contributed by atoms with Crippen LogP contribution in [0.5, 0.6) is 11.5 Å². The van der Waals surface area contributed by atoms with Gasteiger partial charge in [-0.15, -0.1) is 0 Å². The molecule has 2 aromatic carbocycles. The van der Waals surface area contributed by atoms with Crippen molar-refractivity contribution in [1.82, 2.24) is 0 Å². The van der Waals surface area contributed by atoms with Gasteiger partial charge in [-0.3, -0.25) is 10.1 Å². The van der Waals surface area contributed by atoms with E-state index in [9.17, 15) is 14.9 Å². The third kappa shape index (κ3) is 4.75. The van der Waals surface area contributed by atoms with Gasteiger partial charge in [0.1, 0.15) is 23.8 Å². The molecule has 9 heteroatoms. The summed E-state index contributed by atoms with van der Waals surface area (Å²) < 4.78 is 21.1. The van der Waals surface area contributed by atoms with E-state index in [1.54, 1.807) is 24.3 Å². The Morgan fingerprint density at radius 3 is 2.55 bits per heavy atom. The number of nitrogens with zero attached hydrogens (tertiary/aromatic N) is 2. The van der Waals surface area contributed by atoms with Gasteiger partial charge in [-0.1, -0.05) is 0 Å². The fourth-order valence-corrected chi connectivity index (χ4v) is 3.09. The maximum Gasteiger partial charge on any atom is 0.338 e. The van der Waals surface area contributed by atoms with Gasteiger partial charge in [0.15, 0.2) is 0 Å². The van der Waals surface area contributed by atoms with Gasteiger partial charge >= 0.3 is 5.97 Å². The van der Waals surface area contributed by atoms with Crippen molar-refractivity contribution in [3.8, 4) is 11.5 Å². The number of hydrogen-bond acceptors (Lipinski definition) is 8. The molecule has 0 aromatic heterocycles. The molecular weight excluding hydrogens is 380 g/mol. The van der Waals surface area contributed by atoms with Crippen molar-refractivity contribution < 1.29 is 28.7 Å². The molecule has 0 aliphatic carbocycles. The molecule has 1 heterocycles. The second kappa shape index (κ2) is 9.24. The summed E-state index contributed by atoms with van der Waals surface area (Å²) in [4.78, 5) is 25.4. The number of morpholine rings is 1. The van der Waals surface area contributed by atoms with Crippen molar-refractivity contribution in [3.63, 3.8) is 0 Å². The third-order valence-electron chi connectivity index (χ3n) is 4.61. The standard InChI is InChI=1S/C20H22N2O7/c1-26-16-4-6-19(27-2)15(11-16)13-29-20(23)14-3-5-17(18(12-14)22(24)25)21-7-9-28-10-8-21/h3-6,11-12H,7-10,13H2,1-2H3. The number of ether oxygens (including phenoxy) is 4. The van der Waals surface area contributed by atoms with Gasteiger partial charge in [0, 0.05) is 24.7 Å². The molecule has 0 atom stereocenters. The Hall–Kier alpha value is -3.33. The van der Waals surface area contributed by atoms with E-state index >= 15 is 0 Å². The molecule has 0 unspecified atom stereocenters. The predicted molar refractivity (Wildman–Crippen MR) is 105 cm³/mol. The van der Waals surface area contributed by atoms with Gasteiger partial charge < -0.3 is 23.8 Å². The minimum Gasteiger partial charge on any atom is -0.497 e. The van der Waals surface area contributed by atoms with E-state index in [-0.39, 0.29) is 17.9 Å². The number of carbonyl (C=O) groups is 1. The molecule has 0 N–H and O–H groups in total. The van der Waals surface area contributed by atoms with E-state index in [0.717, 1.165) is 0 Å². The second-order valence-electron chi connectivity index (χ2n) is 6.31. The average Bonchev–Trinajstić information content (AvgIpc) is 2.77. The van der Waals surface area contributed by atoms with Crippen molar-refractivity contribution in [3.05, 3.63) is 57.6 Å². The second-order valence-corrected chi connectivity index (χ2v) is 6.31. The quantitative estimate of drug-likeness (QED) is 0.396. The monoisotopic (exact) mass is 402 g/mol. The highest BCUT2D eigenvalue weighted by molar-refractivity contribution is 5.91. The van der Waals surface area contributed by atoms with Gasteiger partial charge in [0.05, 0.1) is 37.9 Å². The summed E-state index contributed by atoms with van der Waals surface area (Å²) in [5.41, 5.74) is 1.06. The number of hydrogen-bond donors (Lipinski definition) is 0. The van der Waals surface area contributed by atoms with Crippen LogP contribution in [0.3, 0.4) is 0 Å². The van der Waals surface area contributed by atoms with Gasteiger partial charge in [0.25, 0.3) is 5.69 Å². The van der Waals surface area contributed by atoms with Crippen LogP contribution >= 0.6 is 0 Å². The number of nitro benzene ring substituents is 1. The number of methoxy groups -OCH3 is 2.